The van der Waals surface area contributed by atoms with Gasteiger partial charge in [0.15, 0.2) is 5.78 Å². The molecular weight excluding hydrogens is 251 g/mol. The summed E-state index contributed by atoms with van der Waals surface area (Å²) in [5.74, 6) is -0.792. The molecule has 0 amide bonds. The number of benzene rings is 2. The molecule has 0 aliphatic carbocycles. The van der Waals surface area contributed by atoms with Crippen LogP contribution in [-0.4, -0.2) is 5.78 Å². The van der Waals surface area contributed by atoms with Crippen molar-refractivity contribution in [2.75, 3.05) is 0 Å². The third-order valence-corrected chi connectivity index (χ3v) is 2.59. The lowest BCUT2D eigenvalue weighted by Gasteiger charge is -1.98. The van der Waals surface area contributed by atoms with Crippen LogP contribution >= 0.6 is 11.6 Å². The minimum atomic E-state index is -0.515. The van der Waals surface area contributed by atoms with E-state index in [1.165, 1.54) is 24.3 Å². The van der Waals surface area contributed by atoms with Crippen LogP contribution in [0.2, 0.25) is 5.02 Å². The van der Waals surface area contributed by atoms with Gasteiger partial charge in [-0.1, -0.05) is 48.0 Å². The second kappa shape index (κ2) is 5.61. The number of allylic oxidation sites excluding steroid dienone is 1. The first kappa shape index (κ1) is 12.5. The Balaban J connectivity index is 2.20. The van der Waals surface area contributed by atoms with Crippen molar-refractivity contribution in [3.05, 3.63) is 76.6 Å². The van der Waals surface area contributed by atoms with Gasteiger partial charge < -0.3 is 0 Å². The van der Waals surface area contributed by atoms with Crippen LogP contribution < -0.4 is 0 Å². The van der Waals surface area contributed by atoms with Gasteiger partial charge in [0.1, 0.15) is 5.82 Å². The van der Waals surface area contributed by atoms with Crippen LogP contribution in [0.1, 0.15) is 15.9 Å². The summed E-state index contributed by atoms with van der Waals surface area (Å²) in [5.41, 5.74) is 1.15. The molecule has 0 N–H and O–H groups in total. The highest BCUT2D eigenvalue weighted by Crippen LogP contribution is 2.15. The van der Waals surface area contributed by atoms with Gasteiger partial charge in [-0.15, -0.1) is 0 Å². The molecule has 3 heteroatoms. The second-order valence-corrected chi connectivity index (χ2v) is 4.20. The second-order valence-electron chi connectivity index (χ2n) is 3.77. The van der Waals surface area contributed by atoms with Crippen LogP contribution in [0.25, 0.3) is 6.08 Å². The van der Waals surface area contributed by atoms with Crippen LogP contribution in [0.4, 0.5) is 4.39 Å². The average molecular weight is 261 g/mol. The molecule has 1 nitrogen and oxygen atoms in total. The van der Waals surface area contributed by atoms with Crippen LogP contribution in [0.15, 0.2) is 54.6 Å². The molecule has 0 unspecified atom stereocenters. The SMILES string of the molecule is O=C(/C=C/c1ccccc1)c1cc(F)cc(Cl)c1. The fourth-order valence-electron chi connectivity index (χ4n) is 1.53. The Labute approximate surface area is 110 Å². The molecule has 0 atom stereocenters. The van der Waals surface area contributed by atoms with Crippen molar-refractivity contribution in [1.29, 1.82) is 0 Å². The summed E-state index contributed by atoms with van der Waals surface area (Å²) in [5, 5.41) is 0.214. The highest BCUT2D eigenvalue weighted by Gasteiger charge is 2.05. The lowest BCUT2D eigenvalue weighted by molar-refractivity contribution is 0.104. The summed E-state index contributed by atoms with van der Waals surface area (Å²) >= 11 is 5.70. The van der Waals surface area contributed by atoms with E-state index in [4.69, 9.17) is 11.6 Å². The molecule has 0 aliphatic heterocycles. The third-order valence-electron chi connectivity index (χ3n) is 2.37. The lowest BCUT2D eigenvalue weighted by atomic mass is 10.1. The minimum absolute atomic E-state index is 0.214. The van der Waals surface area contributed by atoms with Gasteiger partial charge >= 0.3 is 0 Å². The number of hydrogen-bond donors (Lipinski definition) is 0. The molecule has 0 spiro atoms. The van der Waals surface area contributed by atoms with Crippen molar-refractivity contribution in [3.8, 4) is 0 Å². The van der Waals surface area contributed by atoms with E-state index < -0.39 is 5.82 Å². The number of carbonyl (C=O) groups excluding carboxylic acids is 1. The first-order valence-electron chi connectivity index (χ1n) is 5.39. The predicted octanol–water partition coefficient (Wildman–Crippen LogP) is 4.38. The van der Waals surface area contributed by atoms with Crippen molar-refractivity contribution >= 4 is 23.5 Å². The average Bonchev–Trinajstić information content (AvgIpc) is 2.36. The van der Waals surface area contributed by atoms with Crippen molar-refractivity contribution in [1.82, 2.24) is 0 Å². The van der Waals surface area contributed by atoms with Gasteiger partial charge in [0.2, 0.25) is 0 Å². The Hall–Kier alpha value is -1.93. The molecule has 0 bridgehead atoms. The molecule has 0 saturated carbocycles. The highest BCUT2D eigenvalue weighted by molar-refractivity contribution is 6.31. The number of rotatable bonds is 3. The summed E-state index contributed by atoms with van der Waals surface area (Å²) in [7, 11) is 0. The lowest BCUT2D eigenvalue weighted by Crippen LogP contribution is -1.95. The van der Waals surface area contributed by atoms with E-state index in [2.05, 4.69) is 0 Å². The molecule has 0 heterocycles. The topological polar surface area (TPSA) is 17.1 Å². The summed E-state index contributed by atoms with van der Waals surface area (Å²) < 4.78 is 13.1. The molecule has 2 rings (SSSR count). The molecule has 0 aliphatic rings. The summed E-state index contributed by atoms with van der Waals surface area (Å²) in [6.07, 6.45) is 3.08. The molecule has 0 fully saturated rings. The number of halogens is 2. The Morgan fingerprint density at radius 3 is 2.50 bits per heavy atom. The molecule has 18 heavy (non-hydrogen) atoms. The van der Waals surface area contributed by atoms with Crippen LogP contribution in [0.3, 0.4) is 0 Å². The number of ketones is 1. The molecule has 0 radical (unpaired) electrons. The fraction of sp³-hybridized carbons (Fsp3) is 0. The van der Waals surface area contributed by atoms with Crippen molar-refractivity contribution in [3.63, 3.8) is 0 Å². The number of carbonyl (C=O) groups is 1. The molecule has 0 aromatic heterocycles. The smallest absolute Gasteiger partial charge is 0.186 e. The summed E-state index contributed by atoms with van der Waals surface area (Å²) in [6.45, 7) is 0. The Morgan fingerprint density at radius 2 is 1.83 bits per heavy atom. The van der Waals surface area contributed by atoms with Crippen LogP contribution in [0.5, 0.6) is 0 Å². The predicted molar refractivity (Wildman–Crippen MR) is 71.2 cm³/mol. The largest absolute Gasteiger partial charge is 0.289 e. The van der Waals surface area contributed by atoms with Crippen molar-refractivity contribution < 1.29 is 9.18 Å². The number of hydrogen-bond acceptors (Lipinski definition) is 1. The van der Waals surface area contributed by atoms with E-state index >= 15 is 0 Å². The quantitative estimate of drug-likeness (QED) is 0.591. The molecule has 2 aromatic carbocycles. The first-order valence-corrected chi connectivity index (χ1v) is 5.76. The maximum Gasteiger partial charge on any atom is 0.186 e. The Bertz CT molecular complexity index is 570. The van der Waals surface area contributed by atoms with Gasteiger partial charge in [0, 0.05) is 10.6 Å². The van der Waals surface area contributed by atoms with E-state index in [-0.39, 0.29) is 16.4 Å². The minimum Gasteiger partial charge on any atom is -0.289 e. The summed E-state index contributed by atoms with van der Waals surface area (Å²) in [6, 6.07) is 13.2. The fourth-order valence-corrected chi connectivity index (χ4v) is 1.75. The standard InChI is InChI=1S/C15H10ClFO/c16-13-8-12(9-14(17)10-13)15(18)7-6-11-4-2-1-3-5-11/h1-10H/b7-6+. The molecule has 2 aromatic rings. The van der Waals surface area contributed by atoms with E-state index in [1.54, 1.807) is 6.08 Å². The highest BCUT2D eigenvalue weighted by atomic mass is 35.5. The van der Waals surface area contributed by atoms with Gasteiger partial charge in [0.25, 0.3) is 0 Å². The van der Waals surface area contributed by atoms with E-state index in [9.17, 15) is 9.18 Å². The maximum atomic E-state index is 13.1. The Morgan fingerprint density at radius 1 is 1.11 bits per heavy atom. The van der Waals surface area contributed by atoms with E-state index in [0.717, 1.165) is 5.56 Å². The van der Waals surface area contributed by atoms with Crippen LogP contribution in [0, 0.1) is 5.82 Å². The molecular formula is C15H10ClFO. The van der Waals surface area contributed by atoms with Gasteiger partial charge in [-0.3, -0.25) is 4.79 Å². The van der Waals surface area contributed by atoms with E-state index in [1.807, 2.05) is 30.3 Å². The maximum absolute atomic E-state index is 13.1. The van der Waals surface area contributed by atoms with E-state index in [0.29, 0.717) is 0 Å². The first-order chi connectivity index (χ1) is 8.65. The van der Waals surface area contributed by atoms with Crippen molar-refractivity contribution in [2.45, 2.75) is 0 Å². The summed E-state index contributed by atoms with van der Waals surface area (Å²) in [4.78, 5) is 11.8. The molecule has 0 saturated heterocycles. The Kier molecular flexibility index (Phi) is 3.90. The molecule has 90 valence electrons. The third kappa shape index (κ3) is 3.28. The normalized spacial score (nSPS) is 10.8. The van der Waals surface area contributed by atoms with Gasteiger partial charge in [-0.25, -0.2) is 4.39 Å². The zero-order valence-corrected chi connectivity index (χ0v) is 10.2. The monoisotopic (exact) mass is 260 g/mol. The zero-order valence-electron chi connectivity index (χ0n) is 9.44. The zero-order chi connectivity index (χ0) is 13.0. The van der Waals surface area contributed by atoms with Gasteiger partial charge in [-0.05, 0) is 29.8 Å². The van der Waals surface area contributed by atoms with Gasteiger partial charge in [0.05, 0.1) is 0 Å². The van der Waals surface area contributed by atoms with Crippen LogP contribution in [-0.2, 0) is 0 Å². The van der Waals surface area contributed by atoms with Gasteiger partial charge in [-0.2, -0.15) is 0 Å². The van der Waals surface area contributed by atoms with Crippen molar-refractivity contribution in [2.24, 2.45) is 0 Å².